The first-order valence-electron chi connectivity index (χ1n) is 13.3. The van der Waals surface area contributed by atoms with Gasteiger partial charge in [-0.3, -0.25) is 4.79 Å². The normalized spacial score (nSPS) is 11.4. The second-order valence-electron chi connectivity index (χ2n) is 9.43. The van der Waals surface area contributed by atoms with E-state index in [0.717, 1.165) is 31.7 Å². The second-order valence-corrected chi connectivity index (χ2v) is 9.43. The Balaban J connectivity index is -0.000000461. The van der Waals surface area contributed by atoms with Crippen LogP contribution in [0.15, 0.2) is 24.3 Å². The summed E-state index contributed by atoms with van der Waals surface area (Å²) in [6.07, 6.45) is 4.90. The number of unbranched alkanes of at least 4 members (excludes halogenated alkanes) is 1. The van der Waals surface area contributed by atoms with Crippen molar-refractivity contribution in [2.24, 2.45) is 16.7 Å². The van der Waals surface area contributed by atoms with Crippen LogP contribution in [0.25, 0.3) is 0 Å². The Hall–Kier alpha value is -2.61. The Kier molecular flexibility index (Phi) is 25.3. The van der Waals surface area contributed by atoms with Crippen LogP contribution in [0.1, 0.15) is 86.9 Å². The molecule has 0 heterocycles. The molecule has 0 saturated heterocycles. The number of carboxylic acids is 3. The fraction of sp³-hybridized carbons (Fsp3) is 0.679. The first-order chi connectivity index (χ1) is 18.8. The zero-order valence-corrected chi connectivity index (χ0v) is 24.1. The summed E-state index contributed by atoms with van der Waals surface area (Å²) in [5, 5.41) is 77.5. The molecule has 1 atom stereocenters. The summed E-state index contributed by atoms with van der Waals surface area (Å²) in [6, 6.07) is 5.20. The first kappa shape index (κ1) is 41.9. The van der Waals surface area contributed by atoms with E-state index in [1.165, 1.54) is 18.2 Å². The van der Waals surface area contributed by atoms with Crippen molar-refractivity contribution in [3.63, 3.8) is 0 Å². The van der Waals surface area contributed by atoms with Gasteiger partial charge in [0.25, 0.3) is 0 Å². The number of aromatic carboxylic acids is 2. The van der Waals surface area contributed by atoms with Gasteiger partial charge in [0.15, 0.2) is 0 Å². The van der Waals surface area contributed by atoms with E-state index in [1.54, 1.807) is 0 Å². The molecule has 0 radical (unpaired) electrons. The van der Waals surface area contributed by atoms with Crippen molar-refractivity contribution >= 4 is 17.9 Å². The molecule has 0 fully saturated rings. The highest BCUT2D eigenvalue weighted by Gasteiger charge is 2.25. The number of benzene rings is 1. The highest BCUT2D eigenvalue weighted by atomic mass is 16.4. The number of hydrogen-bond donors (Lipinski definition) is 9. The van der Waals surface area contributed by atoms with E-state index in [2.05, 4.69) is 6.92 Å². The number of aliphatic hydroxyl groups excluding tert-OH is 6. The van der Waals surface area contributed by atoms with Gasteiger partial charge in [-0.25, -0.2) is 9.59 Å². The first-order valence-corrected chi connectivity index (χ1v) is 13.3. The van der Waals surface area contributed by atoms with Gasteiger partial charge >= 0.3 is 17.9 Å². The highest BCUT2D eigenvalue weighted by molar-refractivity contribution is 5.93. The van der Waals surface area contributed by atoms with E-state index >= 15 is 0 Å². The number of hydrogen-bond acceptors (Lipinski definition) is 9. The lowest BCUT2D eigenvalue weighted by Gasteiger charge is -2.24. The minimum atomic E-state index is -1.13. The van der Waals surface area contributed by atoms with Crippen molar-refractivity contribution in [2.75, 3.05) is 39.6 Å². The molecule has 40 heavy (non-hydrogen) atoms. The van der Waals surface area contributed by atoms with Crippen LogP contribution in [0.4, 0.5) is 0 Å². The zero-order valence-electron chi connectivity index (χ0n) is 24.1. The molecule has 12 nitrogen and oxygen atoms in total. The summed E-state index contributed by atoms with van der Waals surface area (Å²) in [5.41, 5.74) is -1.37. The van der Waals surface area contributed by atoms with Gasteiger partial charge in [-0.15, -0.1) is 0 Å². The van der Waals surface area contributed by atoms with Gasteiger partial charge in [0.2, 0.25) is 0 Å². The van der Waals surface area contributed by atoms with E-state index in [1.807, 2.05) is 20.8 Å². The maximum absolute atomic E-state index is 10.4. The summed E-state index contributed by atoms with van der Waals surface area (Å²) in [6.45, 7) is 6.71. The van der Waals surface area contributed by atoms with Crippen molar-refractivity contribution in [3.8, 4) is 0 Å². The van der Waals surface area contributed by atoms with Gasteiger partial charge in [-0.2, -0.15) is 0 Å². The van der Waals surface area contributed by atoms with Crippen molar-refractivity contribution < 1.29 is 60.3 Å². The zero-order chi connectivity index (χ0) is 31.8. The summed E-state index contributed by atoms with van der Waals surface area (Å²) >= 11 is 0. The lowest BCUT2D eigenvalue weighted by Crippen LogP contribution is -2.32. The van der Waals surface area contributed by atoms with Gasteiger partial charge < -0.3 is 46.0 Å². The lowest BCUT2D eigenvalue weighted by molar-refractivity contribution is -0.142. The molecule has 0 aliphatic heterocycles. The number of carboxylic acid groups (broad SMARTS) is 3. The van der Waals surface area contributed by atoms with Gasteiger partial charge in [0.1, 0.15) is 0 Å². The molecular weight excluding hydrogens is 528 g/mol. The number of aliphatic hydroxyl groups is 6. The summed E-state index contributed by atoms with van der Waals surface area (Å²) in [5.74, 6) is -3.01. The third-order valence-electron chi connectivity index (χ3n) is 6.62. The van der Waals surface area contributed by atoms with Crippen molar-refractivity contribution in [1.82, 2.24) is 0 Å². The minimum Gasteiger partial charge on any atom is -0.481 e. The largest absolute Gasteiger partial charge is 0.481 e. The Labute approximate surface area is 236 Å². The molecule has 0 bridgehead atoms. The predicted octanol–water partition coefficient (Wildman–Crippen LogP) is 2.09. The van der Waals surface area contributed by atoms with Crippen LogP contribution in [0, 0.1) is 16.7 Å². The monoisotopic (exact) mass is 578 g/mol. The van der Waals surface area contributed by atoms with Crippen LogP contribution < -0.4 is 0 Å². The van der Waals surface area contributed by atoms with Crippen LogP contribution in [-0.4, -0.2) is 104 Å². The SMILES string of the molecule is CCC(CO)(CO)CO.CCC(CO)(CO)CO.CCCCC(CC)C(=O)O.O=C(O)c1cccc(C(=O)O)c1. The molecule has 1 unspecified atom stereocenters. The fourth-order valence-electron chi connectivity index (χ4n) is 2.71. The van der Waals surface area contributed by atoms with Crippen LogP contribution in [-0.2, 0) is 4.79 Å². The molecular formula is C28H50O12. The van der Waals surface area contributed by atoms with Crippen molar-refractivity contribution in [1.29, 1.82) is 0 Å². The van der Waals surface area contributed by atoms with E-state index in [0.29, 0.717) is 12.8 Å². The predicted molar refractivity (Wildman–Crippen MR) is 149 cm³/mol. The Morgan fingerprint density at radius 1 is 0.675 bits per heavy atom. The average molecular weight is 579 g/mol. The molecule has 0 aromatic heterocycles. The van der Waals surface area contributed by atoms with Gasteiger partial charge in [-0.05, 0) is 43.9 Å². The van der Waals surface area contributed by atoms with Crippen LogP contribution in [0.2, 0.25) is 0 Å². The molecule has 1 rings (SSSR count). The molecule has 234 valence electrons. The fourth-order valence-corrected chi connectivity index (χ4v) is 2.71. The maximum atomic E-state index is 10.4. The minimum absolute atomic E-state index is 0.0186. The third-order valence-corrected chi connectivity index (χ3v) is 6.62. The molecule has 1 aromatic rings. The standard InChI is InChI=1S/C8H6O4.C8H16O2.2C6H14O3/c9-7(10)5-2-1-3-6(4-5)8(11)12;1-3-5-6-7(4-2)8(9)10;2*1-2-6(3-7,4-8)5-9/h1-4H,(H,9,10)(H,11,12);7H,3-6H2,1-2H3,(H,9,10);2*7-9H,2-5H2,1H3. The maximum Gasteiger partial charge on any atom is 0.335 e. The van der Waals surface area contributed by atoms with Gasteiger partial charge in [0.05, 0.1) is 56.7 Å². The summed E-state index contributed by atoms with van der Waals surface area (Å²) in [7, 11) is 0. The van der Waals surface area contributed by atoms with E-state index < -0.39 is 28.7 Å². The van der Waals surface area contributed by atoms with Crippen molar-refractivity contribution in [2.45, 2.75) is 66.2 Å². The molecule has 0 aliphatic carbocycles. The molecule has 0 spiro atoms. The molecule has 0 saturated carbocycles. The highest BCUT2D eigenvalue weighted by Crippen LogP contribution is 2.19. The van der Waals surface area contributed by atoms with Crippen molar-refractivity contribution in [3.05, 3.63) is 35.4 Å². The van der Waals surface area contributed by atoms with E-state index in [4.69, 9.17) is 46.0 Å². The quantitative estimate of drug-likeness (QED) is 0.145. The molecule has 0 aliphatic rings. The van der Waals surface area contributed by atoms with Gasteiger partial charge in [0, 0.05) is 10.8 Å². The summed E-state index contributed by atoms with van der Waals surface area (Å²) in [4.78, 5) is 31.2. The molecule has 0 amide bonds. The Morgan fingerprint density at radius 3 is 1.20 bits per heavy atom. The van der Waals surface area contributed by atoms with E-state index in [9.17, 15) is 14.4 Å². The Bertz CT molecular complexity index is 720. The average Bonchev–Trinajstić information content (AvgIpc) is 2.97. The van der Waals surface area contributed by atoms with Crippen LogP contribution >= 0.6 is 0 Å². The van der Waals surface area contributed by atoms with E-state index in [-0.39, 0.29) is 56.7 Å². The van der Waals surface area contributed by atoms with Crippen LogP contribution in [0.5, 0.6) is 0 Å². The topological polar surface area (TPSA) is 233 Å². The summed E-state index contributed by atoms with van der Waals surface area (Å²) < 4.78 is 0. The molecule has 1 aromatic carbocycles. The third kappa shape index (κ3) is 17.2. The van der Waals surface area contributed by atoms with Crippen LogP contribution in [0.3, 0.4) is 0 Å². The lowest BCUT2D eigenvalue weighted by atomic mass is 9.88. The smallest absolute Gasteiger partial charge is 0.335 e. The number of carbonyl (C=O) groups is 3. The van der Waals surface area contributed by atoms with Gasteiger partial charge in [-0.1, -0.05) is 46.6 Å². The number of rotatable bonds is 15. The molecule has 12 heteroatoms. The molecule has 9 N–H and O–H groups in total. The second kappa shape index (κ2) is 24.2. The number of aliphatic carboxylic acids is 1. The Morgan fingerprint density at radius 2 is 1.02 bits per heavy atom.